The molecule has 132 valence electrons. The van der Waals surface area contributed by atoms with E-state index >= 15 is 0 Å². The fourth-order valence-electron chi connectivity index (χ4n) is 3.24. The van der Waals surface area contributed by atoms with Gasteiger partial charge in [0.1, 0.15) is 5.78 Å². The molecule has 1 unspecified atom stereocenters. The second-order valence-corrected chi connectivity index (χ2v) is 6.72. The summed E-state index contributed by atoms with van der Waals surface area (Å²) in [6.45, 7) is 4.31. The van der Waals surface area contributed by atoms with Gasteiger partial charge < -0.3 is 10.6 Å². The lowest BCUT2D eigenvalue weighted by Crippen LogP contribution is -2.24. The van der Waals surface area contributed by atoms with Crippen LogP contribution in [0.4, 0.5) is 5.69 Å². The molecule has 1 atom stereocenters. The molecule has 0 bridgehead atoms. The molecular formula is C22H22N2O2. The Morgan fingerprint density at radius 1 is 1.27 bits per heavy atom. The predicted molar refractivity (Wildman–Crippen MR) is 103 cm³/mol. The first kappa shape index (κ1) is 17.8. The van der Waals surface area contributed by atoms with E-state index < -0.39 is 0 Å². The van der Waals surface area contributed by atoms with Crippen molar-refractivity contribution < 1.29 is 9.59 Å². The number of fused-ring (bicyclic) bond motifs is 1. The first-order valence-electron chi connectivity index (χ1n) is 8.68. The number of hydrogen-bond acceptors (Lipinski definition) is 3. The number of benzene rings is 2. The van der Waals surface area contributed by atoms with Gasteiger partial charge in [-0.1, -0.05) is 24.1 Å². The third-order valence-corrected chi connectivity index (χ3v) is 4.77. The van der Waals surface area contributed by atoms with E-state index in [1.165, 1.54) is 11.1 Å². The van der Waals surface area contributed by atoms with Crippen LogP contribution in [-0.4, -0.2) is 18.2 Å². The van der Waals surface area contributed by atoms with E-state index in [2.05, 4.69) is 42.5 Å². The fraction of sp³-hybridized carbons (Fsp3) is 0.273. The van der Waals surface area contributed by atoms with Gasteiger partial charge in [-0.25, -0.2) is 0 Å². The average Bonchev–Trinajstić information content (AvgIpc) is 2.78. The van der Waals surface area contributed by atoms with Crippen molar-refractivity contribution in [2.24, 2.45) is 0 Å². The minimum atomic E-state index is -0.211. The van der Waals surface area contributed by atoms with Crippen LogP contribution in [0.2, 0.25) is 0 Å². The Balaban J connectivity index is 1.91. The predicted octanol–water partition coefficient (Wildman–Crippen LogP) is 3.33. The van der Waals surface area contributed by atoms with Gasteiger partial charge in [0, 0.05) is 24.1 Å². The van der Waals surface area contributed by atoms with E-state index in [1.807, 2.05) is 18.2 Å². The lowest BCUT2D eigenvalue weighted by Gasteiger charge is -2.19. The molecule has 2 N–H and O–H groups in total. The standard InChI is InChI=1S/C22H22N2O2/c1-4-8-23-22(26)17-7-5-6-16(11-17)21-13-19(25)12-18-9-14(2)15(3)10-20(18)24-21/h1,5-7,9-11,21,24H,8,12-13H2,2-3H3,(H,23,26). The number of carbonyl (C=O) groups is 2. The molecule has 1 amide bonds. The summed E-state index contributed by atoms with van der Waals surface area (Å²) in [4.78, 5) is 24.6. The summed E-state index contributed by atoms with van der Waals surface area (Å²) in [5.74, 6) is 2.37. The molecule has 0 fully saturated rings. The molecule has 1 aliphatic heterocycles. The molecule has 1 heterocycles. The molecule has 0 aliphatic carbocycles. The average molecular weight is 346 g/mol. The van der Waals surface area contributed by atoms with Crippen molar-refractivity contribution >= 4 is 17.4 Å². The summed E-state index contributed by atoms with van der Waals surface area (Å²) in [6.07, 6.45) is 6.01. The summed E-state index contributed by atoms with van der Waals surface area (Å²) in [7, 11) is 0. The number of terminal acetylenes is 1. The third-order valence-electron chi connectivity index (χ3n) is 4.77. The number of ketones is 1. The molecule has 2 aromatic carbocycles. The highest BCUT2D eigenvalue weighted by Crippen LogP contribution is 2.32. The smallest absolute Gasteiger partial charge is 0.252 e. The Kier molecular flexibility index (Phi) is 5.09. The van der Waals surface area contributed by atoms with Crippen LogP contribution in [0.1, 0.15) is 45.1 Å². The second kappa shape index (κ2) is 7.45. The fourth-order valence-corrected chi connectivity index (χ4v) is 3.24. The Bertz CT molecular complexity index is 909. The SMILES string of the molecule is C#CCNC(=O)c1cccc(C2CC(=O)Cc3cc(C)c(C)cc3N2)c1. The number of amides is 1. The Hall–Kier alpha value is -3.06. The van der Waals surface area contributed by atoms with Crippen molar-refractivity contribution in [2.45, 2.75) is 32.7 Å². The van der Waals surface area contributed by atoms with Crippen molar-refractivity contribution in [3.05, 3.63) is 64.2 Å². The first-order chi connectivity index (χ1) is 12.5. The summed E-state index contributed by atoms with van der Waals surface area (Å²) >= 11 is 0. The molecule has 0 saturated heterocycles. The van der Waals surface area contributed by atoms with Gasteiger partial charge in [-0.2, -0.15) is 0 Å². The number of nitrogens with one attached hydrogen (secondary N) is 2. The van der Waals surface area contributed by atoms with Gasteiger partial charge in [-0.3, -0.25) is 9.59 Å². The molecule has 4 nitrogen and oxygen atoms in total. The van der Waals surface area contributed by atoms with Crippen molar-refractivity contribution in [3.63, 3.8) is 0 Å². The van der Waals surface area contributed by atoms with Crippen molar-refractivity contribution in [1.82, 2.24) is 5.32 Å². The minimum Gasteiger partial charge on any atom is -0.378 e. The summed E-state index contributed by atoms with van der Waals surface area (Å²) in [6, 6.07) is 11.4. The molecule has 0 radical (unpaired) electrons. The lowest BCUT2D eigenvalue weighted by molar-refractivity contribution is -0.118. The summed E-state index contributed by atoms with van der Waals surface area (Å²) < 4.78 is 0. The molecule has 2 aromatic rings. The van der Waals surface area contributed by atoms with Gasteiger partial charge in [0.2, 0.25) is 0 Å². The largest absolute Gasteiger partial charge is 0.378 e. The normalized spacial score (nSPS) is 16.0. The lowest BCUT2D eigenvalue weighted by atomic mass is 9.98. The van der Waals surface area contributed by atoms with Gasteiger partial charge in [0.25, 0.3) is 5.91 Å². The van der Waals surface area contributed by atoms with E-state index in [4.69, 9.17) is 6.42 Å². The molecule has 0 saturated carbocycles. The molecule has 4 heteroatoms. The summed E-state index contributed by atoms with van der Waals surface area (Å²) in [5, 5.41) is 6.17. The number of rotatable bonds is 3. The highest BCUT2D eigenvalue weighted by atomic mass is 16.1. The maximum atomic E-state index is 12.4. The van der Waals surface area contributed by atoms with Crippen molar-refractivity contribution in [2.75, 3.05) is 11.9 Å². The van der Waals surface area contributed by atoms with Crippen molar-refractivity contribution in [1.29, 1.82) is 0 Å². The number of Topliss-reactive ketones (excluding diaryl/α,β-unsaturated/α-hetero) is 1. The number of hydrogen-bond donors (Lipinski definition) is 2. The monoisotopic (exact) mass is 346 g/mol. The van der Waals surface area contributed by atoms with E-state index in [-0.39, 0.29) is 24.3 Å². The first-order valence-corrected chi connectivity index (χ1v) is 8.68. The Morgan fingerprint density at radius 2 is 2.04 bits per heavy atom. The van der Waals surface area contributed by atoms with Crippen LogP contribution >= 0.6 is 0 Å². The van der Waals surface area contributed by atoms with Gasteiger partial charge in [0.15, 0.2) is 0 Å². The highest BCUT2D eigenvalue weighted by molar-refractivity contribution is 5.94. The summed E-state index contributed by atoms with van der Waals surface area (Å²) in [5.41, 5.74) is 5.85. The van der Waals surface area contributed by atoms with Gasteiger partial charge in [-0.05, 0) is 54.3 Å². The third kappa shape index (κ3) is 3.78. The maximum Gasteiger partial charge on any atom is 0.252 e. The maximum absolute atomic E-state index is 12.4. The van der Waals surface area contributed by atoms with E-state index in [0.717, 1.165) is 16.8 Å². The van der Waals surface area contributed by atoms with Gasteiger partial charge >= 0.3 is 0 Å². The Morgan fingerprint density at radius 3 is 2.81 bits per heavy atom. The highest BCUT2D eigenvalue weighted by Gasteiger charge is 2.23. The van der Waals surface area contributed by atoms with E-state index in [9.17, 15) is 9.59 Å². The second-order valence-electron chi connectivity index (χ2n) is 6.72. The zero-order valence-corrected chi connectivity index (χ0v) is 15.1. The van der Waals surface area contributed by atoms with E-state index in [1.54, 1.807) is 6.07 Å². The van der Waals surface area contributed by atoms with Crippen LogP contribution in [0.3, 0.4) is 0 Å². The molecule has 26 heavy (non-hydrogen) atoms. The molecular weight excluding hydrogens is 324 g/mol. The van der Waals surface area contributed by atoms with Crippen LogP contribution in [0.25, 0.3) is 0 Å². The van der Waals surface area contributed by atoms with Crippen LogP contribution in [0.5, 0.6) is 0 Å². The number of aryl methyl sites for hydroxylation is 2. The van der Waals surface area contributed by atoms with Crippen molar-refractivity contribution in [3.8, 4) is 12.3 Å². The number of carbonyl (C=O) groups excluding carboxylic acids is 2. The van der Waals surface area contributed by atoms with Crippen LogP contribution in [-0.2, 0) is 11.2 Å². The van der Waals surface area contributed by atoms with E-state index in [0.29, 0.717) is 18.4 Å². The zero-order valence-electron chi connectivity index (χ0n) is 15.1. The van der Waals surface area contributed by atoms with Gasteiger partial charge in [-0.15, -0.1) is 6.42 Å². The van der Waals surface area contributed by atoms with Crippen LogP contribution < -0.4 is 10.6 Å². The topological polar surface area (TPSA) is 58.2 Å². The molecule has 0 spiro atoms. The minimum absolute atomic E-state index is 0.161. The molecule has 3 rings (SSSR count). The number of anilines is 1. The van der Waals surface area contributed by atoms with Crippen LogP contribution in [0.15, 0.2) is 36.4 Å². The Labute approximate surface area is 154 Å². The quantitative estimate of drug-likeness (QED) is 0.838. The zero-order chi connectivity index (χ0) is 18.7. The van der Waals surface area contributed by atoms with Crippen LogP contribution in [0, 0.1) is 26.2 Å². The molecule has 0 aromatic heterocycles. The molecule has 1 aliphatic rings. The van der Waals surface area contributed by atoms with Gasteiger partial charge in [0.05, 0.1) is 12.6 Å².